The van der Waals surface area contributed by atoms with Crippen LogP contribution in [0, 0.1) is 13.0 Å². The number of rotatable bonds is 2. The van der Waals surface area contributed by atoms with Gasteiger partial charge in [0.2, 0.25) is 0 Å². The Morgan fingerprint density at radius 3 is 2.83 bits per heavy atom. The van der Waals surface area contributed by atoms with E-state index in [1.807, 2.05) is 30.6 Å². The normalized spacial score (nSPS) is 10.5. The summed E-state index contributed by atoms with van der Waals surface area (Å²) in [5, 5.41) is 1.04. The van der Waals surface area contributed by atoms with E-state index in [-0.39, 0.29) is 0 Å². The zero-order valence-electron chi connectivity index (χ0n) is 9.92. The lowest BCUT2D eigenvalue weighted by atomic mass is 10.0. The SMILES string of the molecule is Cc1cnc(-c2cc[c]cc2-c2cccnc2)s1. The van der Waals surface area contributed by atoms with Crippen LogP contribution in [0.5, 0.6) is 0 Å². The predicted octanol–water partition coefficient (Wildman–Crippen LogP) is 3.98. The topological polar surface area (TPSA) is 25.8 Å². The van der Waals surface area contributed by atoms with Crippen molar-refractivity contribution in [1.29, 1.82) is 0 Å². The Hall–Kier alpha value is -2.00. The third-order valence-electron chi connectivity index (χ3n) is 2.69. The highest BCUT2D eigenvalue weighted by atomic mass is 32.1. The number of aryl methyl sites for hydroxylation is 1. The van der Waals surface area contributed by atoms with Crippen molar-refractivity contribution in [1.82, 2.24) is 9.97 Å². The first-order valence-corrected chi connectivity index (χ1v) is 6.49. The molecule has 3 rings (SSSR count). The molecule has 1 radical (unpaired) electrons. The van der Waals surface area contributed by atoms with Crippen LogP contribution in [-0.2, 0) is 0 Å². The van der Waals surface area contributed by atoms with Crippen LogP contribution in [-0.4, -0.2) is 9.97 Å². The number of benzene rings is 1. The molecule has 3 heteroatoms. The van der Waals surface area contributed by atoms with Gasteiger partial charge in [-0.05, 0) is 30.7 Å². The number of nitrogens with zero attached hydrogens (tertiary/aromatic N) is 2. The fourth-order valence-electron chi connectivity index (χ4n) is 1.86. The lowest BCUT2D eigenvalue weighted by molar-refractivity contribution is 1.33. The van der Waals surface area contributed by atoms with E-state index < -0.39 is 0 Å². The van der Waals surface area contributed by atoms with Gasteiger partial charge < -0.3 is 0 Å². The van der Waals surface area contributed by atoms with E-state index in [9.17, 15) is 0 Å². The molecule has 87 valence electrons. The highest BCUT2D eigenvalue weighted by Crippen LogP contribution is 2.33. The molecule has 0 amide bonds. The molecule has 0 unspecified atom stereocenters. The van der Waals surface area contributed by atoms with Gasteiger partial charge in [-0.1, -0.05) is 18.2 Å². The van der Waals surface area contributed by atoms with E-state index in [2.05, 4.69) is 35.1 Å². The van der Waals surface area contributed by atoms with E-state index in [0.29, 0.717) is 0 Å². The van der Waals surface area contributed by atoms with Crippen molar-refractivity contribution in [2.45, 2.75) is 6.92 Å². The summed E-state index contributed by atoms with van der Waals surface area (Å²) in [6, 6.07) is 13.1. The van der Waals surface area contributed by atoms with Gasteiger partial charge >= 0.3 is 0 Å². The Morgan fingerprint density at radius 2 is 2.11 bits per heavy atom. The number of aromatic nitrogens is 2. The summed E-state index contributed by atoms with van der Waals surface area (Å²) in [6.07, 6.45) is 5.56. The largest absolute Gasteiger partial charge is 0.264 e. The van der Waals surface area contributed by atoms with E-state index in [1.165, 1.54) is 4.88 Å². The maximum Gasteiger partial charge on any atom is 0.124 e. The zero-order valence-corrected chi connectivity index (χ0v) is 10.7. The van der Waals surface area contributed by atoms with Crippen LogP contribution in [0.15, 0.2) is 48.9 Å². The minimum Gasteiger partial charge on any atom is -0.264 e. The molecule has 2 aromatic heterocycles. The van der Waals surface area contributed by atoms with Crippen LogP contribution in [0.2, 0.25) is 0 Å². The number of thiazole rings is 1. The molecule has 0 aliphatic heterocycles. The molecule has 3 aromatic rings. The lowest BCUT2D eigenvalue weighted by Gasteiger charge is -2.06. The van der Waals surface area contributed by atoms with Gasteiger partial charge in [-0.2, -0.15) is 0 Å². The van der Waals surface area contributed by atoms with E-state index >= 15 is 0 Å². The Morgan fingerprint density at radius 1 is 1.17 bits per heavy atom. The molecule has 18 heavy (non-hydrogen) atoms. The summed E-state index contributed by atoms with van der Waals surface area (Å²) in [7, 11) is 0. The molecule has 0 atom stereocenters. The first-order valence-electron chi connectivity index (χ1n) is 5.68. The second-order valence-electron chi connectivity index (χ2n) is 3.99. The van der Waals surface area contributed by atoms with E-state index in [0.717, 1.165) is 21.7 Å². The first kappa shape index (κ1) is 11.1. The predicted molar refractivity (Wildman–Crippen MR) is 74.4 cm³/mol. The van der Waals surface area contributed by atoms with Gasteiger partial charge in [0.1, 0.15) is 5.01 Å². The fourth-order valence-corrected chi connectivity index (χ4v) is 2.66. The van der Waals surface area contributed by atoms with Gasteiger partial charge in [0.15, 0.2) is 0 Å². The summed E-state index contributed by atoms with van der Waals surface area (Å²) in [5.41, 5.74) is 3.36. The molecule has 0 aliphatic rings. The minimum absolute atomic E-state index is 1.04. The summed E-state index contributed by atoms with van der Waals surface area (Å²) in [4.78, 5) is 9.84. The average molecular weight is 251 g/mol. The van der Waals surface area contributed by atoms with E-state index in [4.69, 9.17) is 0 Å². The summed E-state index contributed by atoms with van der Waals surface area (Å²) in [6.45, 7) is 2.07. The van der Waals surface area contributed by atoms with Crippen molar-refractivity contribution in [2.24, 2.45) is 0 Å². The van der Waals surface area contributed by atoms with Gasteiger partial charge in [0, 0.05) is 34.6 Å². The monoisotopic (exact) mass is 251 g/mol. The Balaban J connectivity index is 2.17. The van der Waals surface area contributed by atoms with Crippen LogP contribution < -0.4 is 0 Å². The van der Waals surface area contributed by atoms with Crippen molar-refractivity contribution in [3.8, 4) is 21.7 Å². The van der Waals surface area contributed by atoms with Gasteiger partial charge in [-0.25, -0.2) is 4.98 Å². The van der Waals surface area contributed by atoms with Crippen molar-refractivity contribution in [3.63, 3.8) is 0 Å². The molecule has 0 spiro atoms. The van der Waals surface area contributed by atoms with Gasteiger partial charge in [0.25, 0.3) is 0 Å². The van der Waals surface area contributed by atoms with Crippen LogP contribution in [0.25, 0.3) is 21.7 Å². The molecule has 2 heterocycles. The molecule has 2 nitrogen and oxygen atoms in total. The molecule has 0 N–H and O–H groups in total. The summed E-state index contributed by atoms with van der Waals surface area (Å²) < 4.78 is 0. The quantitative estimate of drug-likeness (QED) is 0.688. The number of pyridine rings is 1. The van der Waals surface area contributed by atoms with Crippen molar-refractivity contribution >= 4 is 11.3 Å². The molecule has 0 saturated carbocycles. The number of hydrogen-bond acceptors (Lipinski definition) is 3. The van der Waals surface area contributed by atoms with Crippen LogP contribution >= 0.6 is 11.3 Å². The first-order chi connectivity index (χ1) is 8.84. The Kier molecular flexibility index (Phi) is 2.90. The maximum atomic E-state index is 4.46. The molecule has 0 aliphatic carbocycles. The maximum absolute atomic E-state index is 4.46. The molecular formula is C15H11N2S. The van der Waals surface area contributed by atoms with Crippen LogP contribution in [0.1, 0.15) is 4.88 Å². The fraction of sp³-hybridized carbons (Fsp3) is 0.0667. The molecule has 0 bridgehead atoms. The number of hydrogen-bond donors (Lipinski definition) is 0. The molecule has 0 saturated heterocycles. The molecule has 1 aromatic carbocycles. The van der Waals surface area contributed by atoms with Crippen molar-refractivity contribution in [2.75, 3.05) is 0 Å². The van der Waals surface area contributed by atoms with Gasteiger partial charge in [-0.3, -0.25) is 4.98 Å². The lowest BCUT2D eigenvalue weighted by Crippen LogP contribution is -1.84. The van der Waals surface area contributed by atoms with Crippen molar-refractivity contribution < 1.29 is 0 Å². The third kappa shape index (κ3) is 2.05. The van der Waals surface area contributed by atoms with Gasteiger partial charge in [0.05, 0.1) is 0 Å². The van der Waals surface area contributed by atoms with Crippen LogP contribution in [0.3, 0.4) is 0 Å². The minimum atomic E-state index is 1.04. The van der Waals surface area contributed by atoms with E-state index in [1.54, 1.807) is 17.5 Å². The summed E-state index contributed by atoms with van der Waals surface area (Å²) >= 11 is 1.70. The summed E-state index contributed by atoms with van der Waals surface area (Å²) in [5.74, 6) is 0. The average Bonchev–Trinajstić information content (AvgIpc) is 2.86. The van der Waals surface area contributed by atoms with Gasteiger partial charge in [-0.15, -0.1) is 11.3 Å². The second-order valence-corrected chi connectivity index (χ2v) is 5.22. The van der Waals surface area contributed by atoms with Crippen molar-refractivity contribution in [3.05, 3.63) is 59.9 Å². The highest BCUT2D eigenvalue weighted by Gasteiger charge is 2.09. The smallest absolute Gasteiger partial charge is 0.124 e. The van der Waals surface area contributed by atoms with Crippen LogP contribution in [0.4, 0.5) is 0 Å². The standard InChI is InChI=1S/C15H11N2S/c1-11-9-17-15(18-11)14-7-3-2-6-13(14)12-5-4-8-16-10-12/h3-10H,1H3. The third-order valence-corrected chi connectivity index (χ3v) is 3.63. The zero-order chi connectivity index (χ0) is 12.4. The Labute approximate surface area is 110 Å². The highest BCUT2D eigenvalue weighted by molar-refractivity contribution is 7.15. The Bertz CT molecular complexity index is 659. The second kappa shape index (κ2) is 4.70. The molecular weight excluding hydrogens is 240 g/mol. The molecule has 0 fully saturated rings.